The maximum atomic E-state index is 11.7. The van der Waals surface area contributed by atoms with Crippen LogP contribution in [0.3, 0.4) is 0 Å². The maximum absolute atomic E-state index is 11.7. The second kappa shape index (κ2) is 3.17. The number of carbonyl (C=O) groups is 2. The summed E-state index contributed by atoms with van der Waals surface area (Å²) >= 11 is 0. The fraction of sp³-hybridized carbons (Fsp3) is 0.750. The van der Waals surface area contributed by atoms with E-state index in [2.05, 4.69) is 19.4 Å². The van der Waals surface area contributed by atoms with Crippen molar-refractivity contribution >= 4 is 21.3 Å². The zero-order valence-corrected chi connectivity index (χ0v) is 9.27. The van der Waals surface area contributed by atoms with Crippen LogP contribution in [0.15, 0.2) is 0 Å². The molecular weight excluding hydrogens is 201 g/mol. The van der Waals surface area contributed by atoms with E-state index in [0.717, 1.165) is 13.1 Å². The fourth-order valence-corrected chi connectivity index (χ4v) is 2.36. The molecule has 2 aliphatic heterocycles. The highest BCUT2D eigenvalue weighted by Crippen LogP contribution is 2.32. The number of likely N-dealkylation sites (N-methyl/N-ethyl adjacent to an activating group) is 1. The highest BCUT2D eigenvalue weighted by atomic mass is 31.0. The average Bonchev–Trinajstić information content (AvgIpc) is 2.36. The van der Waals surface area contributed by atoms with Crippen molar-refractivity contribution in [3.63, 3.8) is 0 Å². The number of hydrogen-bond acceptors (Lipinski definition) is 3. The third kappa shape index (κ3) is 1.23. The van der Waals surface area contributed by atoms with Gasteiger partial charge in [-0.05, 0) is 12.8 Å². The monoisotopic (exact) mass is 215 g/mol. The normalized spacial score (nSPS) is 27.1. The lowest BCUT2D eigenvalue weighted by Crippen LogP contribution is -2.53. The molecule has 0 aromatic heterocycles. The molecule has 2 heterocycles. The Hall–Kier alpha value is -0.670. The van der Waals surface area contributed by atoms with Crippen LogP contribution >= 0.6 is 9.39 Å². The van der Waals surface area contributed by atoms with Gasteiger partial charge in [-0.2, -0.15) is 0 Å². The topological polar surface area (TPSA) is 52.7 Å². The van der Waals surface area contributed by atoms with Gasteiger partial charge in [-0.25, -0.2) is 4.79 Å². The molecule has 1 atom stereocenters. The predicted octanol–water partition coefficient (Wildman–Crippen LogP) is -0.207. The minimum absolute atomic E-state index is 0.136. The number of imide groups is 1. The zero-order chi connectivity index (χ0) is 10.3. The Bertz CT molecular complexity index is 286. The minimum Gasteiger partial charge on any atom is -0.313 e. The van der Waals surface area contributed by atoms with E-state index in [1.807, 2.05) is 0 Å². The van der Waals surface area contributed by atoms with E-state index in [0.29, 0.717) is 12.8 Å². The van der Waals surface area contributed by atoms with E-state index < -0.39 is 5.54 Å². The number of amides is 3. The van der Waals surface area contributed by atoms with Gasteiger partial charge in [0, 0.05) is 20.1 Å². The third-order valence-electron chi connectivity index (χ3n) is 3.21. The summed E-state index contributed by atoms with van der Waals surface area (Å²) in [5.74, 6) is -0.136. The van der Waals surface area contributed by atoms with Gasteiger partial charge in [0.2, 0.25) is 0 Å². The lowest BCUT2D eigenvalue weighted by Gasteiger charge is -2.39. The number of urea groups is 1. The largest absolute Gasteiger partial charge is 0.324 e. The lowest BCUT2D eigenvalue weighted by atomic mass is 9.87. The third-order valence-corrected chi connectivity index (χ3v) is 3.73. The van der Waals surface area contributed by atoms with Gasteiger partial charge >= 0.3 is 6.03 Å². The Balaban J connectivity index is 2.22. The first-order valence-corrected chi connectivity index (χ1v) is 5.17. The summed E-state index contributed by atoms with van der Waals surface area (Å²) in [6, 6.07) is -0.271. The Morgan fingerprint density at radius 1 is 1.36 bits per heavy atom. The Morgan fingerprint density at radius 2 is 1.93 bits per heavy atom. The minimum atomic E-state index is -0.579. The van der Waals surface area contributed by atoms with Gasteiger partial charge in [0.1, 0.15) is 5.54 Å². The second-order valence-corrected chi connectivity index (χ2v) is 4.62. The molecule has 3 amide bonds. The van der Waals surface area contributed by atoms with Crippen molar-refractivity contribution in [2.24, 2.45) is 0 Å². The summed E-state index contributed by atoms with van der Waals surface area (Å²) in [6.07, 6.45) is 1.43. The first-order valence-electron chi connectivity index (χ1n) is 4.65. The van der Waals surface area contributed by atoms with Gasteiger partial charge in [-0.1, -0.05) is 9.39 Å². The summed E-state index contributed by atoms with van der Waals surface area (Å²) in [5.41, 5.74) is -0.579. The van der Waals surface area contributed by atoms with E-state index >= 15 is 0 Å². The number of nitrogens with zero attached hydrogens (tertiary/aromatic N) is 2. The van der Waals surface area contributed by atoms with Crippen LogP contribution in [0.4, 0.5) is 4.79 Å². The van der Waals surface area contributed by atoms with Gasteiger partial charge in [0.15, 0.2) is 0 Å². The molecule has 0 radical (unpaired) electrons. The van der Waals surface area contributed by atoms with E-state index in [4.69, 9.17) is 0 Å². The molecule has 14 heavy (non-hydrogen) atoms. The zero-order valence-electron chi connectivity index (χ0n) is 8.12. The Kier molecular flexibility index (Phi) is 2.24. The molecule has 0 saturated carbocycles. The molecule has 2 saturated heterocycles. The molecule has 0 aromatic rings. The van der Waals surface area contributed by atoms with Crippen molar-refractivity contribution in [3.05, 3.63) is 0 Å². The maximum Gasteiger partial charge on any atom is 0.324 e. The number of rotatable bonds is 0. The quantitative estimate of drug-likeness (QED) is 0.449. The highest BCUT2D eigenvalue weighted by Gasteiger charge is 2.51. The van der Waals surface area contributed by atoms with Gasteiger partial charge in [0.05, 0.1) is 0 Å². The first kappa shape index (κ1) is 9.87. The molecule has 0 aromatic carbocycles. The number of carbonyl (C=O) groups excluding carboxylic acids is 2. The van der Waals surface area contributed by atoms with E-state index in [1.54, 1.807) is 11.9 Å². The van der Waals surface area contributed by atoms with Crippen LogP contribution in [0.2, 0.25) is 0 Å². The molecule has 1 spiro atoms. The number of hydrogen-bond donors (Lipinski definition) is 1. The van der Waals surface area contributed by atoms with Crippen molar-refractivity contribution in [1.29, 1.82) is 0 Å². The molecule has 2 aliphatic rings. The van der Waals surface area contributed by atoms with Crippen LogP contribution in [0.25, 0.3) is 0 Å². The van der Waals surface area contributed by atoms with Crippen LogP contribution in [0.5, 0.6) is 0 Å². The van der Waals surface area contributed by atoms with Crippen LogP contribution < -0.4 is 5.32 Å². The summed E-state index contributed by atoms with van der Waals surface area (Å²) < 4.78 is 2.09. The Morgan fingerprint density at radius 3 is 2.36 bits per heavy atom. The van der Waals surface area contributed by atoms with Crippen LogP contribution in [0, 0.1) is 0 Å². The molecule has 2 rings (SSSR count). The van der Waals surface area contributed by atoms with Gasteiger partial charge < -0.3 is 4.90 Å². The van der Waals surface area contributed by atoms with E-state index in [9.17, 15) is 9.59 Å². The number of nitrogens with one attached hydrogen (secondary N) is 1. The summed E-state index contributed by atoms with van der Waals surface area (Å²) in [4.78, 5) is 24.5. The van der Waals surface area contributed by atoms with Crippen LogP contribution in [-0.2, 0) is 4.79 Å². The van der Waals surface area contributed by atoms with Crippen molar-refractivity contribution < 1.29 is 9.59 Å². The lowest BCUT2D eigenvalue weighted by molar-refractivity contribution is -0.128. The highest BCUT2D eigenvalue weighted by molar-refractivity contribution is 7.13. The summed E-state index contributed by atoms with van der Waals surface area (Å²) in [5, 5.41) is 2.36. The molecule has 0 aliphatic carbocycles. The van der Waals surface area contributed by atoms with Gasteiger partial charge in [0.25, 0.3) is 5.91 Å². The van der Waals surface area contributed by atoms with Crippen molar-refractivity contribution in [3.8, 4) is 0 Å². The molecule has 6 heteroatoms. The standard InChI is InChI=1S/C8H14N3O2P/c1-10-7(13)9-6(12)8(10)2-4-11(14)5-3-8/h2-5,14H2,1H3,(H,9,12,13). The summed E-state index contributed by atoms with van der Waals surface area (Å²) in [7, 11) is 4.32. The second-order valence-electron chi connectivity index (χ2n) is 3.89. The fourth-order valence-electron chi connectivity index (χ4n) is 2.10. The molecule has 1 unspecified atom stereocenters. The molecular formula is C8H14N3O2P. The predicted molar refractivity (Wildman–Crippen MR) is 54.5 cm³/mol. The van der Waals surface area contributed by atoms with Crippen LogP contribution in [0.1, 0.15) is 12.8 Å². The average molecular weight is 215 g/mol. The Labute approximate surface area is 85.1 Å². The first-order chi connectivity index (χ1) is 6.56. The van der Waals surface area contributed by atoms with Crippen LogP contribution in [-0.4, -0.2) is 47.2 Å². The van der Waals surface area contributed by atoms with Gasteiger partial charge in [-0.3, -0.25) is 14.8 Å². The molecule has 0 bridgehead atoms. The van der Waals surface area contributed by atoms with Crippen molar-refractivity contribution in [2.45, 2.75) is 18.4 Å². The molecule has 1 N–H and O–H groups in total. The van der Waals surface area contributed by atoms with Crippen molar-refractivity contribution in [2.75, 3.05) is 20.1 Å². The molecule has 5 nitrogen and oxygen atoms in total. The van der Waals surface area contributed by atoms with E-state index in [-0.39, 0.29) is 11.9 Å². The SMILES string of the molecule is CN1C(=O)NC(=O)C12CCN(P)CC2. The van der Waals surface area contributed by atoms with Crippen molar-refractivity contribution in [1.82, 2.24) is 14.9 Å². The smallest absolute Gasteiger partial charge is 0.313 e. The molecule has 78 valence electrons. The van der Waals surface area contributed by atoms with Gasteiger partial charge in [-0.15, -0.1) is 0 Å². The summed E-state index contributed by atoms with van der Waals surface area (Å²) in [6.45, 7) is 1.66. The van der Waals surface area contributed by atoms with E-state index in [1.165, 1.54) is 0 Å². The molecule has 2 fully saturated rings. The number of piperidine rings is 1.